The number of anilines is 1. The van der Waals surface area contributed by atoms with Crippen LogP contribution in [0.3, 0.4) is 0 Å². The van der Waals surface area contributed by atoms with Crippen molar-refractivity contribution in [2.75, 3.05) is 31.1 Å². The van der Waals surface area contributed by atoms with E-state index in [4.69, 9.17) is 11.6 Å². The van der Waals surface area contributed by atoms with Gasteiger partial charge in [-0.15, -0.1) is 0 Å². The van der Waals surface area contributed by atoms with E-state index in [0.717, 1.165) is 48.5 Å². The maximum atomic E-state index is 14.7. The zero-order valence-corrected chi connectivity index (χ0v) is 18.2. The van der Waals surface area contributed by atoms with Gasteiger partial charge in [-0.2, -0.15) is 10.4 Å². The molecule has 0 saturated carbocycles. The van der Waals surface area contributed by atoms with Crippen LogP contribution in [0, 0.1) is 24.1 Å². The van der Waals surface area contributed by atoms with Gasteiger partial charge in [0, 0.05) is 48.0 Å². The molecule has 0 radical (unpaired) electrons. The minimum atomic E-state index is -0.492. The summed E-state index contributed by atoms with van der Waals surface area (Å²) in [6.45, 7) is 5.66. The number of nitriles is 1. The molecule has 0 amide bonds. The third-order valence-corrected chi connectivity index (χ3v) is 6.06. The number of benzene rings is 2. The van der Waals surface area contributed by atoms with Crippen LogP contribution in [0.2, 0.25) is 5.02 Å². The number of pyridine rings is 1. The number of rotatable bonds is 3. The van der Waals surface area contributed by atoms with Crippen LogP contribution in [-0.4, -0.2) is 41.4 Å². The summed E-state index contributed by atoms with van der Waals surface area (Å²) in [6, 6.07) is 14.6. The summed E-state index contributed by atoms with van der Waals surface area (Å²) >= 11 is 6.13. The second-order valence-electron chi connectivity index (χ2n) is 7.76. The van der Waals surface area contributed by atoms with Gasteiger partial charge in [-0.25, -0.2) is 9.37 Å². The van der Waals surface area contributed by atoms with Crippen LogP contribution in [0.15, 0.2) is 42.5 Å². The maximum Gasteiger partial charge on any atom is 0.156 e. The van der Waals surface area contributed by atoms with Gasteiger partial charge < -0.3 is 10.2 Å². The van der Waals surface area contributed by atoms with E-state index in [-0.39, 0.29) is 16.8 Å². The number of aromatic nitrogens is 3. The number of hydrogen-bond donors (Lipinski definition) is 2. The molecule has 0 aliphatic carbocycles. The standard InChI is InChI=1S/C24H20ClFN6/c1-14-21-22(15-2-5-17(6-3-15)32-10-8-28-9-11-32)19(13-27)23(29-24(21)31-30-14)18-12-16(25)4-7-20(18)26/h2-7,12,28H,8-11H2,1H3,(H,29,30,31). The molecule has 2 aromatic heterocycles. The Morgan fingerprint density at radius 2 is 1.88 bits per heavy atom. The lowest BCUT2D eigenvalue weighted by molar-refractivity contribution is 0.589. The summed E-state index contributed by atoms with van der Waals surface area (Å²) in [6.07, 6.45) is 0. The molecule has 0 spiro atoms. The molecule has 6 nitrogen and oxygen atoms in total. The summed E-state index contributed by atoms with van der Waals surface area (Å²) in [5.74, 6) is -0.492. The van der Waals surface area contributed by atoms with Gasteiger partial charge >= 0.3 is 0 Å². The normalized spacial score (nSPS) is 14.0. The van der Waals surface area contributed by atoms with Gasteiger partial charge in [-0.1, -0.05) is 23.7 Å². The lowest BCUT2D eigenvalue weighted by atomic mass is 9.93. The zero-order chi connectivity index (χ0) is 22.2. The zero-order valence-electron chi connectivity index (χ0n) is 17.4. The number of halogens is 2. The molecule has 1 saturated heterocycles. The summed E-state index contributed by atoms with van der Waals surface area (Å²) < 4.78 is 14.7. The highest BCUT2D eigenvalue weighted by Crippen LogP contribution is 2.39. The Bertz CT molecular complexity index is 1350. The smallest absolute Gasteiger partial charge is 0.156 e. The number of H-pyrrole nitrogens is 1. The number of piperazine rings is 1. The molecule has 32 heavy (non-hydrogen) atoms. The van der Waals surface area contributed by atoms with Gasteiger partial charge in [0.25, 0.3) is 0 Å². The fraction of sp³-hybridized carbons (Fsp3) is 0.208. The monoisotopic (exact) mass is 446 g/mol. The highest BCUT2D eigenvalue weighted by molar-refractivity contribution is 6.30. The van der Waals surface area contributed by atoms with E-state index in [9.17, 15) is 9.65 Å². The molecule has 2 N–H and O–H groups in total. The predicted octanol–water partition coefficient (Wildman–Crippen LogP) is 4.67. The lowest BCUT2D eigenvalue weighted by Crippen LogP contribution is -2.43. The largest absolute Gasteiger partial charge is 0.369 e. The molecular formula is C24H20ClFN6. The van der Waals surface area contributed by atoms with Gasteiger partial charge in [0.2, 0.25) is 0 Å². The number of aromatic amines is 1. The molecular weight excluding hydrogens is 427 g/mol. The molecule has 0 atom stereocenters. The van der Waals surface area contributed by atoms with Gasteiger partial charge in [-0.05, 0) is 42.8 Å². The lowest BCUT2D eigenvalue weighted by Gasteiger charge is -2.29. The van der Waals surface area contributed by atoms with Crippen molar-refractivity contribution >= 4 is 28.3 Å². The molecule has 160 valence electrons. The second-order valence-corrected chi connectivity index (χ2v) is 8.20. The Labute approximate surface area is 189 Å². The van der Waals surface area contributed by atoms with Crippen LogP contribution in [-0.2, 0) is 0 Å². The first kappa shape index (κ1) is 20.4. The molecule has 3 heterocycles. The number of aryl methyl sites for hydroxylation is 1. The van der Waals surface area contributed by atoms with E-state index < -0.39 is 5.82 Å². The molecule has 8 heteroatoms. The van der Waals surface area contributed by atoms with Crippen molar-refractivity contribution in [1.82, 2.24) is 20.5 Å². The number of hydrogen-bond acceptors (Lipinski definition) is 5. The molecule has 0 bridgehead atoms. The first-order valence-corrected chi connectivity index (χ1v) is 10.7. The second kappa shape index (κ2) is 8.23. The van der Waals surface area contributed by atoms with Crippen molar-refractivity contribution in [2.24, 2.45) is 0 Å². The molecule has 1 fully saturated rings. The predicted molar refractivity (Wildman–Crippen MR) is 124 cm³/mol. The highest BCUT2D eigenvalue weighted by atomic mass is 35.5. The van der Waals surface area contributed by atoms with Crippen LogP contribution in [0.5, 0.6) is 0 Å². The number of nitrogens with zero attached hydrogens (tertiary/aromatic N) is 4. The van der Waals surface area contributed by atoms with Gasteiger partial charge in [0.1, 0.15) is 11.9 Å². The van der Waals surface area contributed by atoms with Crippen LogP contribution in [0.1, 0.15) is 11.3 Å². The van der Waals surface area contributed by atoms with E-state index in [1.807, 2.05) is 19.1 Å². The SMILES string of the molecule is Cc1n[nH]c2nc(-c3cc(Cl)ccc3F)c(C#N)c(-c3ccc(N4CCNCC4)cc3)c12. The van der Waals surface area contributed by atoms with E-state index in [1.165, 1.54) is 18.2 Å². The molecule has 2 aromatic carbocycles. The van der Waals surface area contributed by atoms with E-state index in [0.29, 0.717) is 16.2 Å². The summed E-state index contributed by atoms with van der Waals surface area (Å²) in [5.41, 5.74) is 4.60. The van der Waals surface area contributed by atoms with Gasteiger partial charge in [-0.3, -0.25) is 5.10 Å². The Balaban J connectivity index is 1.72. The summed E-state index contributed by atoms with van der Waals surface area (Å²) in [4.78, 5) is 6.88. The third-order valence-electron chi connectivity index (χ3n) is 5.82. The highest BCUT2D eigenvalue weighted by Gasteiger charge is 2.23. The fourth-order valence-corrected chi connectivity index (χ4v) is 4.42. The summed E-state index contributed by atoms with van der Waals surface area (Å²) in [5, 5.41) is 21.8. The number of fused-ring (bicyclic) bond motifs is 1. The third kappa shape index (κ3) is 3.48. The summed E-state index contributed by atoms with van der Waals surface area (Å²) in [7, 11) is 0. The van der Waals surface area contributed by atoms with E-state index in [1.54, 1.807) is 0 Å². The first-order valence-electron chi connectivity index (χ1n) is 10.4. The first-order chi connectivity index (χ1) is 15.6. The van der Waals surface area contributed by atoms with Crippen molar-refractivity contribution in [3.63, 3.8) is 0 Å². The minimum Gasteiger partial charge on any atom is -0.369 e. The van der Waals surface area contributed by atoms with Crippen molar-refractivity contribution in [3.05, 3.63) is 64.6 Å². The maximum absolute atomic E-state index is 14.7. The van der Waals surface area contributed by atoms with E-state index >= 15 is 0 Å². The molecule has 4 aromatic rings. The fourth-order valence-electron chi connectivity index (χ4n) is 4.24. The van der Waals surface area contributed by atoms with E-state index in [2.05, 4.69) is 43.6 Å². The number of nitrogens with one attached hydrogen (secondary N) is 2. The van der Waals surface area contributed by atoms with Crippen molar-refractivity contribution in [3.8, 4) is 28.5 Å². The molecule has 1 aliphatic rings. The topological polar surface area (TPSA) is 80.6 Å². The average Bonchev–Trinajstić information content (AvgIpc) is 3.20. The van der Waals surface area contributed by atoms with Crippen molar-refractivity contribution in [2.45, 2.75) is 6.92 Å². The van der Waals surface area contributed by atoms with Crippen molar-refractivity contribution < 1.29 is 4.39 Å². The van der Waals surface area contributed by atoms with Crippen molar-refractivity contribution in [1.29, 1.82) is 5.26 Å². The average molecular weight is 447 g/mol. The minimum absolute atomic E-state index is 0.182. The van der Waals surface area contributed by atoms with Crippen LogP contribution in [0.25, 0.3) is 33.4 Å². The Kier molecular flexibility index (Phi) is 5.25. The van der Waals surface area contributed by atoms with Crippen LogP contribution in [0.4, 0.5) is 10.1 Å². The Morgan fingerprint density at radius 1 is 1.12 bits per heavy atom. The molecule has 1 aliphatic heterocycles. The Hall–Kier alpha value is -3.47. The molecule has 5 rings (SSSR count). The molecule has 0 unspecified atom stereocenters. The van der Waals surface area contributed by atoms with Gasteiger partial charge in [0.15, 0.2) is 5.65 Å². The van der Waals surface area contributed by atoms with Gasteiger partial charge in [0.05, 0.1) is 22.3 Å². The quantitative estimate of drug-likeness (QED) is 0.478. The Morgan fingerprint density at radius 3 is 2.59 bits per heavy atom. The van der Waals surface area contributed by atoms with Crippen LogP contribution >= 0.6 is 11.6 Å². The van der Waals surface area contributed by atoms with Crippen LogP contribution < -0.4 is 10.2 Å².